The number of carbonyl (C=O) groups excluding carboxylic acids is 1. The second kappa shape index (κ2) is 10.0. The van der Waals surface area contributed by atoms with Crippen molar-refractivity contribution in [3.8, 4) is 11.5 Å². The molecule has 0 aliphatic carbocycles. The minimum atomic E-state index is -0.845. The number of carboxylic acid groups (broad SMARTS) is 1. The number of aliphatic carboxylic acids is 1. The molecule has 1 aromatic carbocycles. The van der Waals surface area contributed by atoms with Crippen molar-refractivity contribution in [2.75, 3.05) is 26.8 Å². The van der Waals surface area contributed by atoms with Crippen molar-refractivity contribution in [1.82, 2.24) is 10.2 Å². The first-order chi connectivity index (χ1) is 12.9. The summed E-state index contributed by atoms with van der Waals surface area (Å²) in [6.45, 7) is 5.88. The molecule has 1 aliphatic rings. The van der Waals surface area contributed by atoms with Crippen LogP contribution in [0.4, 0.5) is 4.79 Å². The van der Waals surface area contributed by atoms with Crippen LogP contribution >= 0.6 is 0 Å². The van der Waals surface area contributed by atoms with E-state index >= 15 is 0 Å². The maximum atomic E-state index is 12.4. The fourth-order valence-corrected chi connectivity index (χ4v) is 3.25. The Bertz CT molecular complexity index is 649. The molecule has 0 saturated carbocycles. The van der Waals surface area contributed by atoms with Gasteiger partial charge in [0, 0.05) is 19.6 Å². The summed E-state index contributed by atoms with van der Waals surface area (Å²) in [5.41, 5.74) is 0.892. The van der Waals surface area contributed by atoms with Crippen molar-refractivity contribution in [3.63, 3.8) is 0 Å². The molecule has 1 aromatic rings. The van der Waals surface area contributed by atoms with Gasteiger partial charge in [-0.3, -0.25) is 4.79 Å². The van der Waals surface area contributed by atoms with E-state index in [9.17, 15) is 14.7 Å². The van der Waals surface area contributed by atoms with Crippen molar-refractivity contribution in [2.24, 2.45) is 11.8 Å². The van der Waals surface area contributed by atoms with E-state index in [2.05, 4.69) is 12.2 Å². The van der Waals surface area contributed by atoms with Gasteiger partial charge in [0.1, 0.15) is 0 Å². The first kappa shape index (κ1) is 20.9. The van der Waals surface area contributed by atoms with Gasteiger partial charge in [0.15, 0.2) is 11.5 Å². The molecule has 0 radical (unpaired) electrons. The summed E-state index contributed by atoms with van der Waals surface area (Å²) in [6.07, 6.45) is 2.65. The van der Waals surface area contributed by atoms with E-state index < -0.39 is 11.9 Å². The van der Waals surface area contributed by atoms with Crippen LogP contribution < -0.4 is 14.8 Å². The number of benzene rings is 1. The van der Waals surface area contributed by atoms with Crippen molar-refractivity contribution >= 4 is 12.0 Å². The normalized spacial score (nSPS) is 19.4. The number of hydrogen-bond donors (Lipinski definition) is 2. The summed E-state index contributed by atoms with van der Waals surface area (Å²) >= 11 is 0. The molecule has 0 bridgehead atoms. The molecule has 7 heteroatoms. The lowest BCUT2D eigenvalue weighted by Crippen LogP contribution is -2.49. The second-order valence-corrected chi connectivity index (χ2v) is 7.13. The third kappa shape index (κ3) is 6.05. The van der Waals surface area contributed by atoms with Gasteiger partial charge in [-0.2, -0.15) is 0 Å². The van der Waals surface area contributed by atoms with Gasteiger partial charge in [0.2, 0.25) is 0 Å². The number of piperidine rings is 1. The van der Waals surface area contributed by atoms with Crippen LogP contribution in [0.3, 0.4) is 0 Å². The van der Waals surface area contributed by atoms with Gasteiger partial charge in [-0.15, -0.1) is 0 Å². The Morgan fingerprint density at radius 1 is 1.30 bits per heavy atom. The Balaban J connectivity index is 1.93. The molecule has 1 aliphatic heterocycles. The van der Waals surface area contributed by atoms with Gasteiger partial charge in [-0.1, -0.05) is 26.3 Å². The number of ether oxygens (including phenoxy) is 2. The maximum absolute atomic E-state index is 12.4. The Morgan fingerprint density at radius 2 is 2.07 bits per heavy atom. The standard InChI is InChI=1S/C20H30N2O5/c1-4-5-8-27-17-7-6-15(10-18(17)26-3)11-21-20(25)22-12-14(2)9-16(13-22)19(23)24/h6-7,10,14,16H,4-5,8-9,11-13H2,1-3H3,(H,21,25)(H,23,24). The lowest BCUT2D eigenvalue weighted by atomic mass is 9.91. The number of methoxy groups -OCH3 is 1. The van der Waals surface area contributed by atoms with Crippen LogP contribution in [-0.4, -0.2) is 48.8 Å². The Kier molecular flexibility index (Phi) is 7.76. The average Bonchev–Trinajstić information content (AvgIpc) is 2.66. The Labute approximate surface area is 160 Å². The molecule has 1 heterocycles. The highest BCUT2D eigenvalue weighted by Gasteiger charge is 2.31. The van der Waals surface area contributed by atoms with Crippen LogP contribution in [-0.2, 0) is 11.3 Å². The number of unbranched alkanes of at least 4 members (excludes halogenated alkanes) is 1. The van der Waals surface area contributed by atoms with E-state index in [1.165, 1.54) is 0 Å². The fourth-order valence-electron chi connectivity index (χ4n) is 3.25. The predicted octanol–water partition coefficient (Wildman–Crippen LogP) is 3.13. The number of nitrogens with one attached hydrogen (secondary N) is 1. The number of carboxylic acids is 1. The molecule has 2 rings (SSSR count). The molecular formula is C20H30N2O5. The summed E-state index contributed by atoms with van der Waals surface area (Å²) in [7, 11) is 1.59. The van der Waals surface area contributed by atoms with Crippen molar-refractivity contribution in [1.29, 1.82) is 0 Å². The summed E-state index contributed by atoms with van der Waals surface area (Å²) in [4.78, 5) is 25.3. The number of hydrogen-bond acceptors (Lipinski definition) is 4. The van der Waals surface area contributed by atoms with Crippen molar-refractivity contribution in [3.05, 3.63) is 23.8 Å². The zero-order valence-corrected chi connectivity index (χ0v) is 16.4. The Hall–Kier alpha value is -2.44. The van der Waals surface area contributed by atoms with E-state index in [0.29, 0.717) is 37.6 Å². The fraction of sp³-hybridized carbons (Fsp3) is 0.600. The highest BCUT2D eigenvalue weighted by Crippen LogP contribution is 2.28. The molecular weight excluding hydrogens is 348 g/mol. The first-order valence-corrected chi connectivity index (χ1v) is 9.49. The lowest BCUT2D eigenvalue weighted by Gasteiger charge is -2.34. The molecule has 7 nitrogen and oxygen atoms in total. The molecule has 0 aromatic heterocycles. The first-order valence-electron chi connectivity index (χ1n) is 9.49. The minimum Gasteiger partial charge on any atom is -0.493 e. The topological polar surface area (TPSA) is 88.1 Å². The molecule has 0 spiro atoms. The largest absolute Gasteiger partial charge is 0.493 e. The second-order valence-electron chi connectivity index (χ2n) is 7.13. The highest BCUT2D eigenvalue weighted by atomic mass is 16.5. The van der Waals surface area contributed by atoms with Gasteiger partial charge in [0.25, 0.3) is 0 Å². The maximum Gasteiger partial charge on any atom is 0.317 e. The van der Waals surface area contributed by atoms with E-state index in [-0.39, 0.29) is 18.5 Å². The molecule has 2 amide bonds. The molecule has 27 heavy (non-hydrogen) atoms. The summed E-state index contributed by atoms with van der Waals surface area (Å²) in [5.74, 6) is 0.151. The van der Waals surface area contributed by atoms with Gasteiger partial charge in [-0.05, 0) is 36.5 Å². The molecule has 150 valence electrons. The van der Waals surface area contributed by atoms with Crippen molar-refractivity contribution in [2.45, 2.75) is 39.7 Å². The van der Waals surface area contributed by atoms with Crippen LogP contribution in [0.2, 0.25) is 0 Å². The third-order valence-corrected chi connectivity index (χ3v) is 4.72. The third-order valence-electron chi connectivity index (χ3n) is 4.72. The molecule has 1 fully saturated rings. The summed E-state index contributed by atoms with van der Waals surface area (Å²) in [6, 6.07) is 5.35. The van der Waals surface area contributed by atoms with E-state index in [1.807, 2.05) is 25.1 Å². The van der Waals surface area contributed by atoms with Crippen LogP contribution in [0.1, 0.15) is 38.7 Å². The number of carbonyl (C=O) groups is 2. The summed E-state index contributed by atoms with van der Waals surface area (Å²) in [5, 5.41) is 12.1. The Morgan fingerprint density at radius 3 is 2.74 bits per heavy atom. The SMILES string of the molecule is CCCCOc1ccc(CNC(=O)N2CC(C)CC(C(=O)O)C2)cc1OC. The van der Waals surface area contributed by atoms with Crippen LogP contribution in [0.15, 0.2) is 18.2 Å². The molecule has 2 unspecified atom stereocenters. The van der Waals surface area contributed by atoms with Gasteiger partial charge < -0.3 is 24.8 Å². The molecule has 1 saturated heterocycles. The predicted molar refractivity (Wildman–Crippen MR) is 102 cm³/mol. The summed E-state index contributed by atoms with van der Waals surface area (Å²) < 4.78 is 11.1. The van der Waals surface area contributed by atoms with Gasteiger partial charge in [-0.25, -0.2) is 4.79 Å². The van der Waals surface area contributed by atoms with Crippen molar-refractivity contribution < 1.29 is 24.2 Å². The van der Waals surface area contributed by atoms with Crippen LogP contribution in [0.25, 0.3) is 0 Å². The van der Waals surface area contributed by atoms with Gasteiger partial charge >= 0.3 is 12.0 Å². The average molecular weight is 378 g/mol. The van der Waals surface area contributed by atoms with E-state index in [0.717, 1.165) is 18.4 Å². The molecule has 2 N–H and O–H groups in total. The molecule has 2 atom stereocenters. The number of rotatable bonds is 8. The highest BCUT2D eigenvalue weighted by molar-refractivity contribution is 5.76. The smallest absolute Gasteiger partial charge is 0.317 e. The van der Waals surface area contributed by atoms with Crippen LogP contribution in [0, 0.1) is 11.8 Å². The lowest BCUT2D eigenvalue weighted by molar-refractivity contribution is -0.143. The zero-order valence-electron chi connectivity index (χ0n) is 16.4. The van der Waals surface area contributed by atoms with Crippen LogP contribution in [0.5, 0.6) is 11.5 Å². The zero-order chi connectivity index (χ0) is 19.8. The van der Waals surface area contributed by atoms with E-state index in [4.69, 9.17) is 9.47 Å². The number of amides is 2. The number of nitrogens with zero attached hydrogens (tertiary/aromatic N) is 1. The number of urea groups is 1. The number of likely N-dealkylation sites (tertiary alicyclic amines) is 1. The monoisotopic (exact) mass is 378 g/mol. The quantitative estimate of drug-likeness (QED) is 0.679. The van der Waals surface area contributed by atoms with Gasteiger partial charge in [0.05, 0.1) is 19.6 Å². The van der Waals surface area contributed by atoms with E-state index in [1.54, 1.807) is 12.0 Å². The minimum absolute atomic E-state index is 0.172.